The zero-order valence-corrected chi connectivity index (χ0v) is 19.1. The Labute approximate surface area is 201 Å². The van der Waals surface area contributed by atoms with Crippen LogP contribution in [0.5, 0.6) is 0 Å². The molecular formula is C28H17ClN4O. The number of hydrogen-bond donors (Lipinski definition) is 2. The number of aliphatic hydroxyl groups is 1. The minimum atomic E-state index is -1.10. The van der Waals surface area contributed by atoms with Crippen LogP contribution in [0.15, 0.2) is 54.6 Å². The van der Waals surface area contributed by atoms with E-state index < -0.39 is 5.60 Å². The fraction of sp³-hybridized carbons (Fsp3) is 0.107. The van der Waals surface area contributed by atoms with E-state index in [1.807, 2.05) is 36.4 Å². The number of halogens is 1. The Bertz CT molecular complexity index is 1750. The number of nitrogens with zero attached hydrogens (tertiary/aromatic N) is 3. The van der Waals surface area contributed by atoms with Crippen molar-refractivity contribution in [1.82, 2.24) is 9.97 Å². The molecule has 0 amide bonds. The van der Waals surface area contributed by atoms with Crippen LogP contribution in [0.1, 0.15) is 19.4 Å². The van der Waals surface area contributed by atoms with Crippen LogP contribution >= 0.6 is 11.6 Å². The lowest BCUT2D eigenvalue weighted by atomic mass is 9.98. The van der Waals surface area contributed by atoms with E-state index >= 15 is 0 Å². The van der Waals surface area contributed by atoms with Gasteiger partial charge < -0.3 is 10.1 Å². The van der Waals surface area contributed by atoms with Crippen molar-refractivity contribution in [1.29, 1.82) is 0 Å². The summed E-state index contributed by atoms with van der Waals surface area (Å²) in [6.45, 7) is 18.4. The lowest BCUT2D eigenvalue weighted by Crippen LogP contribution is -2.14. The van der Waals surface area contributed by atoms with Gasteiger partial charge in [0.1, 0.15) is 11.4 Å². The van der Waals surface area contributed by atoms with E-state index in [0.29, 0.717) is 27.8 Å². The first kappa shape index (κ1) is 21.5. The van der Waals surface area contributed by atoms with Crippen molar-refractivity contribution in [2.45, 2.75) is 19.4 Å². The minimum absolute atomic E-state index is 0.369. The summed E-state index contributed by atoms with van der Waals surface area (Å²) in [6.07, 6.45) is 0. The normalized spacial score (nSPS) is 11.2. The second kappa shape index (κ2) is 7.91. The first-order chi connectivity index (χ1) is 16.3. The van der Waals surface area contributed by atoms with Crippen molar-refractivity contribution >= 4 is 55.6 Å². The Balaban J connectivity index is 1.88. The number of benzene rings is 4. The number of hydrogen-bond acceptors (Lipinski definition) is 2. The van der Waals surface area contributed by atoms with Gasteiger partial charge in [0.15, 0.2) is 11.4 Å². The standard InChI is InChI=1S/C28H17ClN4O/c1-28(2,34)13-12-16-8-10-18-20(14-16)21-15-17(29)9-11-19(21)26-25(18)32-27(33-26)24-22(30-3)6-5-7-23(24)31-4/h5-11,14-15,34H,1-2H3,(H,32,33). The van der Waals surface area contributed by atoms with Crippen molar-refractivity contribution in [2.75, 3.05) is 0 Å². The third-order valence-electron chi connectivity index (χ3n) is 5.53. The minimum Gasteiger partial charge on any atom is -0.378 e. The van der Waals surface area contributed by atoms with E-state index in [4.69, 9.17) is 29.7 Å². The predicted molar refractivity (Wildman–Crippen MR) is 137 cm³/mol. The number of rotatable bonds is 1. The molecule has 0 bridgehead atoms. The van der Waals surface area contributed by atoms with Crippen molar-refractivity contribution < 1.29 is 5.11 Å². The lowest BCUT2D eigenvalue weighted by Gasteiger charge is -2.08. The van der Waals surface area contributed by atoms with Crippen LogP contribution in [0.2, 0.25) is 5.02 Å². The van der Waals surface area contributed by atoms with Crippen molar-refractivity contribution in [2.24, 2.45) is 0 Å². The quantitative estimate of drug-likeness (QED) is 0.155. The van der Waals surface area contributed by atoms with E-state index in [0.717, 1.165) is 38.1 Å². The van der Waals surface area contributed by atoms with Gasteiger partial charge >= 0.3 is 0 Å². The maximum atomic E-state index is 9.99. The summed E-state index contributed by atoms with van der Waals surface area (Å²) in [7, 11) is 0. The summed E-state index contributed by atoms with van der Waals surface area (Å²) in [5, 5.41) is 14.3. The molecule has 1 heterocycles. The first-order valence-electron chi connectivity index (χ1n) is 10.5. The smallest absolute Gasteiger partial charge is 0.187 e. The molecule has 2 N–H and O–H groups in total. The summed E-state index contributed by atoms with van der Waals surface area (Å²) in [5.74, 6) is 6.36. The molecule has 5 rings (SSSR count). The Hall–Kier alpha value is -4.34. The molecule has 0 fully saturated rings. The monoisotopic (exact) mass is 460 g/mol. The van der Waals surface area contributed by atoms with E-state index in [1.54, 1.807) is 32.0 Å². The third kappa shape index (κ3) is 3.62. The van der Waals surface area contributed by atoms with Crippen LogP contribution in [0.25, 0.3) is 53.7 Å². The fourth-order valence-corrected chi connectivity index (χ4v) is 4.24. The zero-order chi connectivity index (χ0) is 24.0. The van der Waals surface area contributed by atoms with Gasteiger partial charge in [-0.25, -0.2) is 14.7 Å². The van der Waals surface area contributed by atoms with Gasteiger partial charge in [0.2, 0.25) is 0 Å². The van der Waals surface area contributed by atoms with Gasteiger partial charge in [0.25, 0.3) is 0 Å². The molecule has 162 valence electrons. The Kier molecular flexibility index (Phi) is 5.00. The summed E-state index contributed by atoms with van der Waals surface area (Å²) >= 11 is 6.36. The van der Waals surface area contributed by atoms with Crippen LogP contribution in [0.3, 0.4) is 0 Å². The molecule has 0 aliphatic carbocycles. The summed E-state index contributed by atoms with van der Waals surface area (Å²) in [6, 6.07) is 16.6. The highest BCUT2D eigenvalue weighted by atomic mass is 35.5. The van der Waals surface area contributed by atoms with Crippen LogP contribution in [0.4, 0.5) is 11.4 Å². The Morgan fingerprint density at radius 2 is 1.62 bits per heavy atom. The molecule has 0 unspecified atom stereocenters. The molecule has 0 spiro atoms. The largest absolute Gasteiger partial charge is 0.378 e. The second-order valence-electron chi connectivity index (χ2n) is 8.46. The second-order valence-corrected chi connectivity index (χ2v) is 8.90. The molecule has 34 heavy (non-hydrogen) atoms. The first-order valence-corrected chi connectivity index (χ1v) is 10.9. The fourth-order valence-electron chi connectivity index (χ4n) is 4.07. The summed E-state index contributed by atoms with van der Waals surface area (Å²) in [5.41, 5.74) is 2.43. The highest BCUT2D eigenvalue weighted by Gasteiger charge is 2.18. The van der Waals surface area contributed by atoms with Crippen LogP contribution < -0.4 is 0 Å². The number of nitrogens with one attached hydrogen (secondary N) is 1. The number of aromatic amines is 1. The third-order valence-corrected chi connectivity index (χ3v) is 5.77. The number of aromatic nitrogens is 2. The molecule has 4 aromatic carbocycles. The zero-order valence-electron chi connectivity index (χ0n) is 18.4. The molecular weight excluding hydrogens is 444 g/mol. The Morgan fingerprint density at radius 3 is 2.29 bits per heavy atom. The average molecular weight is 461 g/mol. The van der Waals surface area contributed by atoms with Crippen LogP contribution in [0, 0.1) is 25.0 Å². The molecule has 0 atom stereocenters. The molecule has 1 aromatic heterocycles. The summed E-state index contributed by atoms with van der Waals surface area (Å²) in [4.78, 5) is 15.5. The molecule has 0 aliphatic heterocycles. The predicted octanol–water partition coefficient (Wildman–Crippen LogP) is 7.41. The van der Waals surface area contributed by atoms with Gasteiger partial charge in [-0.2, -0.15) is 0 Å². The van der Waals surface area contributed by atoms with Gasteiger partial charge in [0, 0.05) is 26.9 Å². The van der Waals surface area contributed by atoms with E-state index in [9.17, 15) is 5.11 Å². The topological polar surface area (TPSA) is 57.6 Å². The molecule has 0 saturated carbocycles. The van der Waals surface area contributed by atoms with Crippen LogP contribution in [-0.2, 0) is 0 Å². The number of H-pyrrole nitrogens is 1. The van der Waals surface area contributed by atoms with Crippen molar-refractivity contribution in [3.8, 4) is 23.2 Å². The highest BCUT2D eigenvalue weighted by Crippen LogP contribution is 2.41. The molecule has 5 aromatic rings. The van der Waals surface area contributed by atoms with E-state index in [2.05, 4.69) is 26.5 Å². The van der Waals surface area contributed by atoms with Gasteiger partial charge in [-0.05, 0) is 48.9 Å². The maximum absolute atomic E-state index is 9.99. The van der Waals surface area contributed by atoms with Crippen molar-refractivity contribution in [3.63, 3.8) is 0 Å². The van der Waals surface area contributed by atoms with Gasteiger partial charge in [0.05, 0.1) is 24.2 Å². The van der Waals surface area contributed by atoms with Crippen LogP contribution in [-0.4, -0.2) is 20.7 Å². The average Bonchev–Trinajstić information content (AvgIpc) is 3.26. The molecule has 5 nitrogen and oxygen atoms in total. The molecule has 6 heteroatoms. The highest BCUT2D eigenvalue weighted by molar-refractivity contribution is 6.33. The maximum Gasteiger partial charge on any atom is 0.187 e. The molecule has 0 saturated heterocycles. The summed E-state index contributed by atoms with van der Waals surface area (Å²) < 4.78 is 0. The number of imidazole rings is 1. The van der Waals surface area contributed by atoms with Crippen molar-refractivity contribution in [3.05, 3.63) is 88.0 Å². The Morgan fingerprint density at radius 1 is 0.941 bits per heavy atom. The number of fused-ring (bicyclic) bond motifs is 6. The van der Waals surface area contributed by atoms with E-state index in [1.165, 1.54) is 0 Å². The lowest BCUT2D eigenvalue weighted by molar-refractivity contribution is 0.143. The molecule has 0 aliphatic rings. The van der Waals surface area contributed by atoms with Gasteiger partial charge in [-0.1, -0.05) is 53.8 Å². The SMILES string of the molecule is [C-]#[N+]c1cccc([N+]#[C-])c1-c1nc2c3ccc(C#CC(C)(C)O)cc3c3cc(Cl)ccc3c2[nH]1. The van der Waals surface area contributed by atoms with Gasteiger partial charge in [-0.3, -0.25) is 0 Å². The van der Waals surface area contributed by atoms with E-state index in [-0.39, 0.29) is 0 Å². The van der Waals surface area contributed by atoms with Gasteiger partial charge in [-0.15, -0.1) is 0 Å². The molecule has 0 radical (unpaired) electrons.